The van der Waals surface area contributed by atoms with Crippen molar-refractivity contribution >= 4 is 17.7 Å². The minimum absolute atomic E-state index is 0.160. The smallest absolute Gasteiger partial charge is 0.233 e. The predicted molar refractivity (Wildman–Crippen MR) is 68.7 cm³/mol. The molecular formula is C12H22N2OS. The minimum Gasteiger partial charge on any atom is -0.355 e. The highest BCUT2D eigenvalue weighted by Gasteiger charge is 2.21. The maximum absolute atomic E-state index is 11.4. The van der Waals surface area contributed by atoms with Crippen LogP contribution in [-0.4, -0.2) is 36.5 Å². The molecule has 1 heterocycles. The largest absolute Gasteiger partial charge is 0.355 e. The fraction of sp³-hybridized carbons (Fsp3) is 0.917. The van der Waals surface area contributed by atoms with E-state index in [-0.39, 0.29) is 5.91 Å². The molecular weight excluding hydrogens is 220 g/mol. The molecule has 0 aromatic rings. The summed E-state index contributed by atoms with van der Waals surface area (Å²) in [6, 6.07) is 0. The van der Waals surface area contributed by atoms with Crippen LogP contribution >= 0.6 is 11.8 Å². The molecule has 0 radical (unpaired) electrons. The number of hydrogen-bond acceptors (Lipinski definition) is 3. The third kappa shape index (κ3) is 4.74. The van der Waals surface area contributed by atoms with Gasteiger partial charge in [0.2, 0.25) is 5.91 Å². The summed E-state index contributed by atoms with van der Waals surface area (Å²) in [5.41, 5.74) is 0. The molecule has 1 saturated heterocycles. The molecule has 2 rings (SSSR count). The van der Waals surface area contributed by atoms with E-state index in [0.29, 0.717) is 6.54 Å². The molecule has 1 amide bonds. The van der Waals surface area contributed by atoms with Crippen molar-refractivity contribution in [3.63, 3.8) is 0 Å². The number of carbonyl (C=O) groups is 1. The maximum atomic E-state index is 11.4. The van der Waals surface area contributed by atoms with E-state index < -0.39 is 0 Å². The molecule has 92 valence electrons. The fourth-order valence-electron chi connectivity index (χ4n) is 1.96. The molecule has 1 saturated carbocycles. The normalized spacial score (nSPS) is 25.4. The van der Waals surface area contributed by atoms with Gasteiger partial charge in [-0.05, 0) is 37.4 Å². The van der Waals surface area contributed by atoms with Crippen LogP contribution in [0.3, 0.4) is 0 Å². The molecule has 3 nitrogen and oxygen atoms in total. The number of nitrogens with one attached hydrogen (secondary N) is 2. The number of amides is 1. The van der Waals surface area contributed by atoms with Crippen LogP contribution in [0.2, 0.25) is 0 Å². The molecule has 0 aromatic heterocycles. The Morgan fingerprint density at radius 3 is 2.75 bits per heavy atom. The van der Waals surface area contributed by atoms with Gasteiger partial charge in [0.05, 0.1) is 6.54 Å². The van der Waals surface area contributed by atoms with E-state index in [1.807, 2.05) is 11.8 Å². The number of hydrogen-bond donors (Lipinski definition) is 2. The molecule has 16 heavy (non-hydrogen) atoms. The first kappa shape index (κ1) is 12.2. The lowest BCUT2D eigenvalue weighted by Crippen LogP contribution is -2.37. The molecule has 1 aliphatic heterocycles. The summed E-state index contributed by atoms with van der Waals surface area (Å²) in [6.45, 7) is 2.37. The second-order valence-corrected chi connectivity index (χ2v) is 6.28. The SMILES string of the molecule is O=C(CNCC1CCCCS1)NCC1CC1. The summed E-state index contributed by atoms with van der Waals surface area (Å²) in [4.78, 5) is 11.4. The number of rotatable bonds is 6. The van der Waals surface area contributed by atoms with Crippen LogP contribution in [-0.2, 0) is 4.79 Å². The maximum Gasteiger partial charge on any atom is 0.233 e. The van der Waals surface area contributed by atoms with Crippen molar-refractivity contribution in [3.8, 4) is 0 Å². The highest BCUT2D eigenvalue weighted by atomic mass is 32.2. The first-order valence-electron chi connectivity index (χ1n) is 6.43. The minimum atomic E-state index is 0.160. The Kier molecular flexibility index (Phi) is 4.97. The lowest BCUT2D eigenvalue weighted by Gasteiger charge is -2.21. The van der Waals surface area contributed by atoms with Gasteiger partial charge in [-0.2, -0.15) is 11.8 Å². The average molecular weight is 242 g/mol. The lowest BCUT2D eigenvalue weighted by molar-refractivity contribution is -0.120. The molecule has 0 aromatic carbocycles. The Labute approximate surface area is 102 Å². The quantitative estimate of drug-likeness (QED) is 0.739. The lowest BCUT2D eigenvalue weighted by atomic mass is 10.2. The monoisotopic (exact) mass is 242 g/mol. The van der Waals surface area contributed by atoms with Gasteiger partial charge < -0.3 is 10.6 Å². The summed E-state index contributed by atoms with van der Waals surface area (Å²) in [5.74, 6) is 2.23. The zero-order chi connectivity index (χ0) is 11.2. The molecule has 1 atom stereocenters. The molecule has 0 bridgehead atoms. The van der Waals surface area contributed by atoms with Gasteiger partial charge >= 0.3 is 0 Å². The molecule has 1 unspecified atom stereocenters. The van der Waals surface area contributed by atoms with Crippen molar-refractivity contribution in [1.29, 1.82) is 0 Å². The van der Waals surface area contributed by atoms with Gasteiger partial charge in [0.1, 0.15) is 0 Å². The van der Waals surface area contributed by atoms with Crippen LogP contribution in [0, 0.1) is 5.92 Å². The van der Waals surface area contributed by atoms with Crippen LogP contribution in [0.1, 0.15) is 32.1 Å². The second kappa shape index (κ2) is 6.50. The zero-order valence-electron chi connectivity index (χ0n) is 9.84. The number of thioether (sulfide) groups is 1. The molecule has 2 fully saturated rings. The van der Waals surface area contributed by atoms with Crippen molar-refractivity contribution in [2.45, 2.75) is 37.4 Å². The summed E-state index contributed by atoms with van der Waals surface area (Å²) in [5, 5.41) is 6.97. The van der Waals surface area contributed by atoms with Gasteiger partial charge in [0.15, 0.2) is 0 Å². The van der Waals surface area contributed by atoms with Crippen LogP contribution in [0.25, 0.3) is 0 Å². The van der Waals surface area contributed by atoms with Crippen molar-refractivity contribution in [2.75, 3.05) is 25.4 Å². The molecule has 4 heteroatoms. The summed E-state index contributed by atoms with van der Waals surface area (Å²) >= 11 is 2.05. The Bertz CT molecular complexity index is 225. The van der Waals surface area contributed by atoms with Gasteiger partial charge in [-0.25, -0.2) is 0 Å². The van der Waals surface area contributed by atoms with Gasteiger partial charge in [0, 0.05) is 18.3 Å². The van der Waals surface area contributed by atoms with Crippen molar-refractivity contribution < 1.29 is 4.79 Å². The Balaban J connectivity index is 1.47. The van der Waals surface area contributed by atoms with E-state index in [0.717, 1.165) is 24.3 Å². The third-order valence-corrected chi connectivity index (χ3v) is 4.61. The molecule has 2 N–H and O–H groups in total. The van der Waals surface area contributed by atoms with Gasteiger partial charge in [-0.3, -0.25) is 4.79 Å². The number of carbonyl (C=O) groups excluding carboxylic acids is 1. The van der Waals surface area contributed by atoms with Crippen LogP contribution in [0.15, 0.2) is 0 Å². The Hall–Kier alpha value is -0.220. The van der Waals surface area contributed by atoms with E-state index in [4.69, 9.17) is 0 Å². The third-order valence-electron chi connectivity index (χ3n) is 3.22. The van der Waals surface area contributed by atoms with E-state index in [2.05, 4.69) is 10.6 Å². The standard InChI is InChI=1S/C12H22N2OS/c15-12(14-7-10-4-5-10)9-13-8-11-3-1-2-6-16-11/h10-11,13H,1-9H2,(H,14,15). The molecule has 0 spiro atoms. The van der Waals surface area contributed by atoms with E-state index in [1.54, 1.807) is 0 Å². The molecule has 2 aliphatic rings. The van der Waals surface area contributed by atoms with Crippen LogP contribution in [0.4, 0.5) is 0 Å². The Morgan fingerprint density at radius 2 is 2.06 bits per heavy atom. The topological polar surface area (TPSA) is 41.1 Å². The fourth-order valence-corrected chi connectivity index (χ4v) is 3.23. The Morgan fingerprint density at radius 1 is 1.19 bits per heavy atom. The van der Waals surface area contributed by atoms with Crippen molar-refractivity contribution in [2.24, 2.45) is 5.92 Å². The van der Waals surface area contributed by atoms with Crippen LogP contribution in [0.5, 0.6) is 0 Å². The predicted octanol–water partition coefficient (Wildman–Crippen LogP) is 1.39. The van der Waals surface area contributed by atoms with Gasteiger partial charge in [0.25, 0.3) is 0 Å². The zero-order valence-corrected chi connectivity index (χ0v) is 10.7. The first-order chi connectivity index (χ1) is 7.84. The van der Waals surface area contributed by atoms with Gasteiger partial charge in [-0.1, -0.05) is 6.42 Å². The first-order valence-corrected chi connectivity index (χ1v) is 7.48. The molecule has 1 aliphatic carbocycles. The van der Waals surface area contributed by atoms with E-state index in [9.17, 15) is 4.79 Å². The highest BCUT2D eigenvalue weighted by molar-refractivity contribution is 7.99. The van der Waals surface area contributed by atoms with E-state index >= 15 is 0 Å². The van der Waals surface area contributed by atoms with Crippen molar-refractivity contribution in [1.82, 2.24) is 10.6 Å². The van der Waals surface area contributed by atoms with Crippen LogP contribution < -0.4 is 10.6 Å². The van der Waals surface area contributed by atoms with E-state index in [1.165, 1.54) is 37.9 Å². The highest BCUT2D eigenvalue weighted by Crippen LogP contribution is 2.27. The van der Waals surface area contributed by atoms with Crippen molar-refractivity contribution in [3.05, 3.63) is 0 Å². The second-order valence-electron chi connectivity index (χ2n) is 4.87. The summed E-state index contributed by atoms with van der Waals surface area (Å²) in [6.07, 6.45) is 6.62. The summed E-state index contributed by atoms with van der Waals surface area (Å²) in [7, 11) is 0. The summed E-state index contributed by atoms with van der Waals surface area (Å²) < 4.78 is 0. The average Bonchev–Trinajstić information content (AvgIpc) is 3.12. The van der Waals surface area contributed by atoms with Gasteiger partial charge in [-0.15, -0.1) is 0 Å².